The van der Waals surface area contributed by atoms with E-state index < -0.39 is 19.9 Å². The summed E-state index contributed by atoms with van der Waals surface area (Å²) >= 11 is 0. The summed E-state index contributed by atoms with van der Waals surface area (Å²) in [6.45, 7) is 4.51. The molecular weight excluding hydrogens is 842 g/mol. The van der Waals surface area contributed by atoms with Crippen molar-refractivity contribution in [3.05, 3.63) is 158 Å². The van der Waals surface area contributed by atoms with Crippen molar-refractivity contribution in [3.63, 3.8) is 0 Å². The Morgan fingerprint density at radius 1 is 0.455 bits per heavy atom. The number of nitrogens with two attached hydrogens (primary N) is 1. The molecule has 0 bridgehead atoms. The second kappa shape index (κ2) is 52.1. The molecule has 66 heavy (non-hydrogen) atoms. The van der Waals surface area contributed by atoms with Gasteiger partial charge in [-0.1, -0.05) is 191 Å². The van der Waals surface area contributed by atoms with E-state index in [2.05, 4.69) is 172 Å². The Kier molecular flexibility index (Phi) is 49.0. The maximum absolute atomic E-state index is 12.6. The minimum Gasteiger partial charge on any atom is -0.457 e. The molecule has 370 valence electrons. The molecule has 0 fully saturated rings. The molecular formula is C57H90NO7P. The fraction of sp³-hybridized carbons (Fsp3) is 0.526. The summed E-state index contributed by atoms with van der Waals surface area (Å²) in [7, 11) is -4.32. The topological polar surface area (TPSA) is 117 Å². The average molecular weight is 932 g/mol. The quantitative estimate of drug-likeness (QED) is 0.0268. The number of esters is 1. The van der Waals surface area contributed by atoms with Gasteiger partial charge in [-0.25, -0.2) is 4.57 Å². The van der Waals surface area contributed by atoms with Crippen LogP contribution in [0.3, 0.4) is 0 Å². The molecule has 9 heteroatoms. The fourth-order valence-electron chi connectivity index (χ4n) is 5.87. The zero-order chi connectivity index (χ0) is 48.0. The van der Waals surface area contributed by atoms with Crippen LogP contribution in [0.15, 0.2) is 158 Å². The van der Waals surface area contributed by atoms with E-state index in [0.717, 1.165) is 128 Å². The van der Waals surface area contributed by atoms with Gasteiger partial charge in [0.2, 0.25) is 0 Å². The highest BCUT2D eigenvalue weighted by Crippen LogP contribution is 2.43. The number of ether oxygens (including phenoxy) is 2. The zero-order valence-electron chi connectivity index (χ0n) is 41.1. The number of rotatable bonds is 45. The number of hydrogen-bond donors (Lipinski definition) is 2. The highest BCUT2D eigenvalue weighted by Gasteiger charge is 2.25. The van der Waals surface area contributed by atoms with Gasteiger partial charge >= 0.3 is 13.8 Å². The summed E-state index contributed by atoms with van der Waals surface area (Å²) in [5.74, 6) is -0.403. The largest absolute Gasteiger partial charge is 0.472 e. The fourth-order valence-corrected chi connectivity index (χ4v) is 6.63. The number of allylic oxidation sites excluding steroid dienone is 26. The number of hydrogen-bond acceptors (Lipinski definition) is 7. The van der Waals surface area contributed by atoms with E-state index in [1.807, 2.05) is 0 Å². The molecule has 8 nitrogen and oxygen atoms in total. The number of unbranched alkanes of at least 4 members (excludes halogenated alkanes) is 6. The predicted molar refractivity (Wildman–Crippen MR) is 283 cm³/mol. The van der Waals surface area contributed by atoms with Crippen LogP contribution in [0.5, 0.6) is 0 Å². The molecule has 0 radical (unpaired) electrons. The van der Waals surface area contributed by atoms with Crippen LogP contribution in [0.4, 0.5) is 0 Å². The van der Waals surface area contributed by atoms with E-state index in [9.17, 15) is 14.3 Å². The lowest BCUT2D eigenvalue weighted by Gasteiger charge is -2.20. The number of carbonyl (C=O) groups is 1. The first-order valence-corrected chi connectivity index (χ1v) is 26.5. The summed E-state index contributed by atoms with van der Waals surface area (Å²) in [6.07, 6.45) is 77.1. The molecule has 0 spiro atoms. The molecule has 3 N–H and O–H groups in total. The van der Waals surface area contributed by atoms with Gasteiger partial charge in [0.05, 0.1) is 19.8 Å². The smallest absolute Gasteiger partial charge is 0.457 e. The summed E-state index contributed by atoms with van der Waals surface area (Å²) in [6, 6.07) is 0. The minimum atomic E-state index is -4.32. The van der Waals surface area contributed by atoms with Crippen LogP contribution >= 0.6 is 7.82 Å². The second-order valence-electron chi connectivity index (χ2n) is 15.6. The van der Waals surface area contributed by atoms with Gasteiger partial charge in [-0.05, 0) is 116 Å². The molecule has 0 amide bonds. The van der Waals surface area contributed by atoms with Crippen molar-refractivity contribution >= 4 is 13.8 Å². The van der Waals surface area contributed by atoms with Crippen LogP contribution in [0.2, 0.25) is 0 Å². The highest BCUT2D eigenvalue weighted by molar-refractivity contribution is 7.47. The van der Waals surface area contributed by atoms with Gasteiger partial charge in [-0.15, -0.1) is 0 Å². The first-order chi connectivity index (χ1) is 32.4. The van der Waals surface area contributed by atoms with E-state index in [-0.39, 0.29) is 32.8 Å². The van der Waals surface area contributed by atoms with Crippen molar-refractivity contribution in [2.45, 2.75) is 161 Å². The lowest BCUT2D eigenvalue weighted by molar-refractivity contribution is -0.154. The van der Waals surface area contributed by atoms with Gasteiger partial charge in [0.1, 0.15) is 6.10 Å². The zero-order valence-corrected chi connectivity index (χ0v) is 42.0. The number of phosphoric ester groups is 1. The molecule has 0 saturated heterocycles. The van der Waals surface area contributed by atoms with Gasteiger partial charge in [-0.2, -0.15) is 0 Å². The summed E-state index contributed by atoms with van der Waals surface area (Å²) in [5.41, 5.74) is 5.38. The molecule has 0 saturated carbocycles. The predicted octanol–water partition coefficient (Wildman–Crippen LogP) is 15.9. The first kappa shape index (κ1) is 62.1. The highest BCUT2D eigenvalue weighted by atomic mass is 31.2. The maximum atomic E-state index is 12.6. The van der Waals surface area contributed by atoms with Crippen LogP contribution in [-0.2, 0) is 27.9 Å². The van der Waals surface area contributed by atoms with Gasteiger partial charge < -0.3 is 20.1 Å². The SMILES string of the molecule is CC/C=C\C/C=C\C/C=C\C/C=C\C/C=C\C/C=C\C/C=C\CCCC(=O)OC(COCCCCCCC/C=C\C/C=C\C/C=C\C/C=C\C/C=C\C/C=C\CC)COP(=O)(O)OCCN. The van der Waals surface area contributed by atoms with Crippen molar-refractivity contribution in [1.29, 1.82) is 0 Å². The molecule has 2 unspecified atom stereocenters. The van der Waals surface area contributed by atoms with E-state index in [1.165, 1.54) is 0 Å². The van der Waals surface area contributed by atoms with E-state index in [0.29, 0.717) is 13.0 Å². The van der Waals surface area contributed by atoms with Crippen molar-refractivity contribution in [3.8, 4) is 0 Å². The summed E-state index contributed by atoms with van der Waals surface area (Å²) in [4.78, 5) is 22.6. The van der Waals surface area contributed by atoms with E-state index in [1.54, 1.807) is 0 Å². The molecule has 0 aromatic rings. The van der Waals surface area contributed by atoms with Gasteiger partial charge in [0, 0.05) is 19.6 Å². The lowest BCUT2D eigenvalue weighted by Crippen LogP contribution is -2.28. The normalized spacial score (nSPS) is 14.7. The molecule has 0 aliphatic carbocycles. The number of phosphoric acid groups is 1. The molecule has 0 aromatic carbocycles. The van der Waals surface area contributed by atoms with Crippen molar-refractivity contribution in [2.75, 3.05) is 33.0 Å². The molecule has 0 aliphatic rings. The molecule has 0 aliphatic heterocycles. The van der Waals surface area contributed by atoms with Crippen molar-refractivity contribution in [1.82, 2.24) is 0 Å². The van der Waals surface area contributed by atoms with Crippen LogP contribution in [0, 0.1) is 0 Å². The third kappa shape index (κ3) is 51.1. The molecule has 0 heterocycles. The van der Waals surface area contributed by atoms with Crippen molar-refractivity contribution < 1.29 is 32.8 Å². The molecule has 0 rings (SSSR count). The average Bonchev–Trinajstić information content (AvgIpc) is 3.31. The second-order valence-corrected chi connectivity index (χ2v) is 17.0. The lowest BCUT2D eigenvalue weighted by atomic mass is 10.1. The summed E-state index contributed by atoms with van der Waals surface area (Å²) in [5, 5.41) is 0. The Balaban J connectivity index is 4.18. The standard InChI is InChI=1S/C57H90NO7P/c1-3-5-7-9-11-13-15-17-19-21-23-25-27-29-31-33-35-37-39-41-43-45-47-49-52-62-54-56(55-64-66(60,61)63-53-51-58)65-57(59)50-48-46-44-42-40-38-36-34-32-30-28-26-24-22-20-18-16-14-12-10-8-6-4-2/h5-8,11-14,17-20,23-26,29-32,35-38,42,44,56H,3-4,9-10,15-16,21-22,27-28,33-34,39-41,43,45-55,58H2,1-2H3,(H,60,61)/b7-5-,8-6-,13-11-,14-12-,19-17-,20-18-,25-23-,26-24-,31-29-,32-30-,37-35-,38-36-,44-42-. The third-order valence-electron chi connectivity index (χ3n) is 9.44. The first-order valence-electron chi connectivity index (χ1n) is 25.0. The minimum absolute atomic E-state index is 0.0666. The molecule has 0 aromatic heterocycles. The Bertz CT molecular complexity index is 1560. The van der Waals surface area contributed by atoms with Gasteiger partial charge in [0.15, 0.2) is 0 Å². The van der Waals surface area contributed by atoms with Crippen LogP contribution in [0.25, 0.3) is 0 Å². The molecule has 2 atom stereocenters. The summed E-state index contributed by atoms with van der Waals surface area (Å²) < 4.78 is 33.5. The Morgan fingerprint density at radius 3 is 1.20 bits per heavy atom. The van der Waals surface area contributed by atoms with Gasteiger partial charge in [0.25, 0.3) is 0 Å². The Hall–Kier alpha value is -3.88. The van der Waals surface area contributed by atoms with Crippen LogP contribution < -0.4 is 5.73 Å². The van der Waals surface area contributed by atoms with Crippen LogP contribution in [0.1, 0.15) is 155 Å². The van der Waals surface area contributed by atoms with Crippen molar-refractivity contribution in [2.24, 2.45) is 5.73 Å². The Labute approximate surface area is 403 Å². The van der Waals surface area contributed by atoms with Crippen LogP contribution in [-0.4, -0.2) is 49.9 Å². The van der Waals surface area contributed by atoms with E-state index in [4.69, 9.17) is 24.3 Å². The monoisotopic (exact) mass is 932 g/mol. The number of carbonyl (C=O) groups excluding carboxylic acids is 1. The Morgan fingerprint density at radius 2 is 0.803 bits per heavy atom. The van der Waals surface area contributed by atoms with Gasteiger partial charge in [-0.3, -0.25) is 13.8 Å². The maximum Gasteiger partial charge on any atom is 0.472 e. The van der Waals surface area contributed by atoms with E-state index >= 15 is 0 Å². The third-order valence-corrected chi connectivity index (χ3v) is 10.4.